The second-order valence-electron chi connectivity index (χ2n) is 5.78. The molecule has 1 saturated heterocycles. The normalized spacial score (nSPS) is 26.8. The van der Waals surface area contributed by atoms with Gasteiger partial charge >= 0.3 is 0 Å². The molecular formula is C16H21NO2. The van der Waals surface area contributed by atoms with Gasteiger partial charge in [-0.15, -0.1) is 0 Å². The highest BCUT2D eigenvalue weighted by Gasteiger charge is 2.45. The van der Waals surface area contributed by atoms with E-state index in [2.05, 4.69) is 4.90 Å². The first kappa shape index (κ1) is 12.5. The lowest BCUT2D eigenvalue weighted by molar-refractivity contribution is -0.132. The third-order valence-corrected chi connectivity index (χ3v) is 4.35. The van der Waals surface area contributed by atoms with Crippen LogP contribution in [0.4, 0.5) is 0 Å². The van der Waals surface area contributed by atoms with Gasteiger partial charge in [0.25, 0.3) is 0 Å². The van der Waals surface area contributed by atoms with E-state index in [0.717, 1.165) is 32.4 Å². The molecule has 1 aliphatic heterocycles. The van der Waals surface area contributed by atoms with Gasteiger partial charge in [-0.05, 0) is 42.9 Å². The molecule has 3 nitrogen and oxygen atoms in total. The molecule has 1 heterocycles. The Morgan fingerprint density at radius 1 is 1.05 bits per heavy atom. The van der Waals surface area contributed by atoms with Crippen LogP contribution in [0, 0.1) is 5.92 Å². The Labute approximate surface area is 114 Å². The number of amides is 1. The predicted octanol–water partition coefficient (Wildman–Crippen LogP) is 2.90. The summed E-state index contributed by atoms with van der Waals surface area (Å²) >= 11 is 0. The van der Waals surface area contributed by atoms with E-state index in [-0.39, 0.29) is 5.92 Å². The summed E-state index contributed by atoms with van der Waals surface area (Å²) in [6.07, 6.45) is 5.80. The number of aromatic hydroxyl groups is 1. The van der Waals surface area contributed by atoms with Gasteiger partial charge < -0.3 is 10.0 Å². The van der Waals surface area contributed by atoms with Crippen molar-refractivity contribution in [3.8, 4) is 5.75 Å². The van der Waals surface area contributed by atoms with E-state index in [1.807, 2.05) is 12.1 Å². The summed E-state index contributed by atoms with van der Waals surface area (Å²) in [6.45, 7) is 1.88. The molecule has 0 aromatic heterocycles. The Bertz CT molecular complexity index is 446. The maximum atomic E-state index is 12.4. The van der Waals surface area contributed by atoms with Crippen molar-refractivity contribution < 1.29 is 9.90 Å². The van der Waals surface area contributed by atoms with Gasteiger partial charge in [-0.1, -0.05) is 25.0 Å². The van der Waals surface area contributed by atoms with Crippen LogP contribution >= 0.6 is 0 Å². The molecule has 2 fully saturated rings. The van der Waals surface area contributed by atoms with Crippen LogP contribution in [-0.2, 0) is 4.79 Å². The summed E-state index contributed by atoms with van der Waals surface area (Å²) in [4.78, 5) is 14.5. The lowest BCUT2D eigenvalue weighted by Crippen LogP contribution is -2.33. The molecule has 0 radical (unpaired) electrons. The summed E-state index contributed by atoms with van der Waals surface area (Å²) < 4.78 is 0. The molecule has 2 unspecified atom stereocenters. The minimum Gasteiger partial charge on any atom is -0.508 e. The summed E-state index contributed by atoms with van der Waals surface area (Å²) in [7, 11) is 0. The quantitative estimate of drug-likeness (QED) is 0.887. The van der Waals surface area contributed by atoms with Crippen LogP contribution in [0.25, 0.3) is 0 Å². The van der Waals surface area contributed by atoms with Crippen LogP contribution in [-0.4, -0.2) is 29.0 Å². The van der Waals surface area contributed by atoms with Gasteiger partial charge in [-0.2, -0.15) is 0 Å². The van der Waals surface area contributed by atoms with Crippen molar-refractivity contribution >= 4 is 5.91 Å². The van der Waals surface area contributed by atoms with Crippen molar-refractivity contribution in [3.63, 3.8) is 0 Å². The largest absolute Gasteiger partial charge is 0.508 e. The van der Waals surface area contributed by atoms with Crippen molar-refractivity contribution in [1.29, 1.82) is 0 Å². The number of nitrogens with zero attached hydrogens (tertiary/aromatic N) is 1. The number of rotatable bonds is 2. The molecule has 1 saturated carbocycles. The van der Waals surface area contributed by atoms with Crippen molar-refractivity contribution in [1.82, 2.24) is 4.90 Å². The molecule has 1 aromatic carbocycles. The van der Waals surface area contributed by atoms with Crippen LogP contribution in [0.15, 0.2) is 24.3 Å². The molecule has 1 aromatic rings. The second kappa shape index (κ2) is 5.24. The highest BCUT2D eigenvalue weighted by molar-refractivity contribution is 5.83. The third kappa shape index (κ3) is 2.75. The smallest absolute Gasteiger partial charge is 0.226 e. The topological polar surface area (TPSA) is 40.5 Å². The molecule has 0 spiro atoms. The van der Waals surface area contributed by atoms with Crippen molar-refractivity contribution in [2.75, 3.05) is 13.1 Å². The third-order valence-electron chi connectivity index (χ3n) is 4.35. The van der Waals surface area contributed by atoms with Crippen LogP contribution in [0.5, 0.6) is 5.75 Å². The second-order valence-corrected chi connectivity index (χ2v) is 5.78. The van der Waals surface area contributed by atoms with E-state index in [0.29, 0.717) is 17.6 Å². The minimum atomic E-state index is 0.183. The van der Waals surface area contributed by atoms with Gasteiger partial charge in [0.05, 0.1) is 0 Å². The average molecular weight is 259 g/mol. The molecule has 102 valence electrons. The van der Waals surface area contributed by atoms with E-state index in [9.17, 15) is 9.90 Å². The van der Waals surface area contributed by atoms with E-state index >= 15 is 0 Å². The van der Waals surface area contributed by atoms with Crippen molar-refractivity contribution in [2.45, 2.75) is 38.0 Å². The van der Waals surface area contributed by atoms with E-state index in [4.69, 9.17) is 0 Å². The van der Waals surface area contributed by atoms with Crippen LogP contribution in [0.1, 0.15) is 43.6 Å². The number of hydrogen-bond acceptors (Lipinski definition) is 2. The Balaban J connectivity index is 1.62. The number of likely N-dealkylation sites (tertiary alicyclic amines) is 1. The Morgan fingerprint density at radius 3 is 2.32 bits per heavy atom. The lowest BCUT2D eigenvalue weighted by atomic mass is 10.1. The van der Waals surface area contributed by atoms with Gasteiger partial charge in [0.2, 0.25) is 5.91 Å². The summed E-state index contributed by atoms with van der Waals surface area (Å²) in [6, 6.07) is 7.30. The highest BCUT2D eigenvalue weighted by atomic mass is 16.3. The standard InChI is InChI=1S/C16H21NO2/c18-13-7-5-12(6-8-13)14-11-15(14)16(19)17-9-3-1-2-4-10-17/h5-8,14-15,18H,1-4,9-11H2. The first-order valence-electron chi connectivity index (χ1n) is 7.33. The van der Waals surface area contributed by atoms with Crippen molar-refractivity contribution in [3.05, 3.63) is 29.8 Å². The van der Waals surface area contributed by atoms with Gasteiger partial charge in [-0.25, -0.2) is 0 Å². The van der Waals surface area contributed by atoms with E-state index in [1.165, 1.54) is 18.4 Å². The van der Waals surface area contributed by atoms with E-state index in [1.54, 1.807) is 12.1 Å². The molecule has 1 N–H and O–H groups in total. The Kier molecular flexibility index (Phi) is 3.45. The molecule has 2 atom stereocenters. The number of hydrogen-bond donors (Lipinski definition) is 1. The number of carbonyl (C=O) groups excluding carboxylic acids is 1. The molecule has 0 bridgehead atoms. The van der Waals surface area contributed by atoms with Crippen LogP contribution in [0.3, 0.4) is 0 Å². The monoisotopic (exact) mass is 259 g/mol. The molecular weight excluding hydrogens is 238 g/mol. The molecule has 2 aliphatic rings. The molecule has 1 aliphatic carbocycles. The Morgan fingerprint density at radius 2 is 1.68 bits per heavy atom. The molecule has 19 heavy (non-hydrogen) atoms. The highest BCUT2D eigenvalue weighted by Crippen LogP contribution is 2.48. The zero-order valence-corrected chi connectivity index (χ0v) is 11.2. The number of carbonyl (C=O) groups is 1. The average Bonchev–Trinajstić information content (AvgIpc) is 3.23. The number of phenols is 1. The first-order valence-corrected chi connectivity index (χ1v) is 7.33. The van der Waals surface area contributed by atoms with Gasteiger partial charge in [-0.3, -0.25) is 4.79 Å². The summed E-state index contributed by atoms with van der Waals surface area (Å²) in [5.41, 5.74) is 1.19. The summed E-state index contributed by atoms with van der Waals surface area (Å²) in [5.74, 6) is 1.19. The first-order chi connectivity index (χ1) is 9.25. The number of benzene rings is 1. The zero-order valence-electron chi connectivity index (χ0n) is 11.2. The van der Waals surface area contributed by atoms with Crippen LogP contribution < -0.4 is 0 Å². The van der Waals surface area contributed by atoms with Gasteiger partial charge in [0.15, 0.2) is 0 Å². The fraction of sp³-hybridized carbons (Fsp3) is 0.562. The maximum absolute atomic E-state index is 12.4. The summed E-state index contributed by atoms with van der Waals surface area (Å²) in [5, 5.41) is 9.29. The number of phenolic OH excluding ortho intramolecular Hbond substituents is 1. The predicted molar refractivity (Wildman–Crippen MR) is 74.0 cm³/mol. The lowest BCUT2D eigenvalue weighted by Gasteiger charge is -2.20. The van der Waals surface area contributed by atoms with Crippen LogP contribution in [0.2, 0.25) is 0 Å². The van der Waals surface area contributed by atoms with Gasteiger partial charge in [0, 0.05) is 19.0 Å². The minimum absolute atomic E-state index is 0.183. The zero-order chi connectivity index (χ0) is 13.2. The fourth-order valence-electron chi connectivity index (χ4n) is 3.08. The molecule has 3 rings (SSSR count). The van der Waals surface area contributed by atoms with Crippen molar-refractivity contribution in [2.24, 2.45) is 5.92 Å². The maximum Gasteiger partial charge on any atom is 0.226 e. The fourth-order valence-corrected chi connectivity index (χ4v) is 3.08. The Hall–Kier alpha value is -1.51. The SMILES string of the molecule is O=C(C1CC1c1ccc(O)cc1)N1CCCCCC1. The molecule has 3 heteroatoms. The van der Waals surface area contributed by atoms with Gasteiger partial charge in [0.1, 0.15) is 5.75 Å². The molecule has 1 amide bonds. The van der Waals surface area contributed by atoms with E-state index < -0.39 is 0 Å².